The molecule has 39 heavy (non-hydrogen) atoms. The van der Waals surface area contributed by atoms with Crippen LogP contribution in [0.4, 0.5) is 5.13 Å². The first kappa shape index (κ1) is 26.2. The largest absolute Gasteiger partial charge is 0.543 e. The number of carbonyl (C=O) groups excluding carboxylic acids is 3. The number of nitrogens with two attached hydrogens (primary N) is 1. The number of amides is 2. The van der Waals surface area contributed by atoms with Crippen molar-refractivity contribution in [2.45, 2.75) is 24.9 Å². The molecule has 2 aliphatic rings. The average molecular weight is 572 g/mol. The lowest BCUT2D eigenvalue weighted by Crippen LogP contribution is -2.71. The zero-order valence-corrected chi connectivity index (χ0v) is 22.1. The number of rotatable bonds is 8. The zero-order chi connectivity index (χ0) is 28.0. The minimum Gasteiger partial charge on any atom is -0.543 e. The smallest absolute Gasteiger partial charge is 0.380 e. The Morgan fingerprint density at radius 1 is 1.38 bits per heavy atom. The molecule has 0 aliphatic carbocycles. The monoisotopic (exact) mass is 571 g/mol. The maximum Gasteiger partial charge on any atom is 0.380 e. The van der Waals surface area contributed by atoms with Crippen LogP contribution < -0.4 is 20.6 Å². The summed E-state index contributed by atoms with van der Waals surface area (Å²) in [5.41, 5.74) is 6.70. The van der Waals surface area contributed by atoms with Gasteiger partial charge >= 0.3 is 5.97 Å². The molecule has 16 heteroatoms. The highest BCUT2D eigenvalue weighted by Gasteiger charge is 2.53. The molecule has 4 N–H and O–H groups in total. The second kappa shape index (κ2) is 10.0. The number of aromatic carboxylic acids is 1. The Labute approximate surface area is 228 Å². The van der Waals surface area contributed by atoms with E-state index in [9.17, 15) is 29.4 Å². The molecule has 3 aromatic rings. The molecule has 14 nitrogen and oxygen atoms in total. The van der Waals surface area contributed by atoms with Gasteiger partial charge in [-0.15, -0.1) is 23.1 Å². The standard InChI is InChI=1S/C23H21N7O7S2/c1-10-16(21(33)34)28-6-4-3-5-13(28)29(10)7-11-8-38-20-15(19(32)30(20)17(11)22(35)36)26-18(31)14(27-37-2)12-9-39-23(24)25-12/h3-6,9,15,20H,7-8H2,1-2H3,(H4-,24,25,26,31,33,34,35,36)/b27-14-/t15-,20-/m1/s1. The Balaban J connectivity index is 1.43. The number of hydrogen-bond donors (Lipinski definition) is 3. The van der Waals surface area contributed by atoms with Crippen molar-refractivity contribution in [3.8, 4) is 0 Å². The minimum absolute atomic E-state index is 0.0202. The molecule has 0 bridgehead atoms. The maximum atomic E-state index is 13.1. The number of imidazole rings is 1. The molecule has 0 spiro atoms. The fourth-order valence-corrected chi connectivity index (χ4v) is 6.54. The lowest BCUT2D eigenvalue weighted by Gasteiger charge is -2.50. The van der Waals surface area contributed by atoms with Crippen LogP contribution in [0.5, 0.6) is 0 Å². The van der Waals surface area contributed by atoms with Gasteiger partial charge in [0.05, 0.1) is 17.9 Å². The van der Waals surface area contributed by atoms with E-state index in [0.29, 0.717) is 16.9 Å². The number of carbonyl (C=O) groups is 4. The van der Waals surface area contributed by atoms with Gasteiger partial charge in [0.25, 0.3) is 23.2 Å². The maximum absolute atomic E-state index is 13.1. The lowest BCUT2D eigenvalue weighted by molar-refractivity contribution is -0.514. The molecule has 2 amide bonds. The Morgan fingerprint density at radius 3 is 2.79 bits per heavy atom. The minimum atomic E-state index is -1.55. The number of nitrogens with zero attached hydrogens (tertiary/aromatic N) is 5. The second-order valence-corrected chi connectivity index (χ2v) is 10.5. The van der Waals surface area contributed by atoms with Crippen molar-refractivity contribution >= 4 is 63.3 Å². The number of nitrogen functional groups attached to an aromatic ring is 1. The third-order valence-corrected chi connectivity index (χ3v) is 8.36. The van der Waals surface area contributed by atoms with Crippen molar-refractivity contribution in [2.24, 2.45) is 5.16 Å². The van der Waals surface area contributed by atoms with Crippen LogP contribution in [-0.2, 0) is 25.8 Å². The molecular weight excluding hydrogens is 550 g/mol. The molecule has 0 saturated carbocycles. The Hall–Kier alpha value is -4.44. The van der Waals surface area contributed by atoms with E-state index in [0.717, 1.165) is 16.2 Å². The number of carboxylic acids is 2. The van der Waals surface area contributed by atoms with Crippen LogP contribution in [0.25, 0.3) is 5.65 Å². The number of oxime groups is 1. The van der Waals surface area contributed by atoms with Crippen LogP contribution in [0.3, 0.4) is 0 Å². The van der Waals surface area contributed by atoms with Gasteiger partial charge < -0.3 is 30.9 Å². The predicted molar refractivity (Wildman–Crippen MR) is 136 cm³/mol. The highest BCUT2D eigenvalue weighted by Crippen LogP contribution is 2.40. The summed E-state index contributed by atoms with van der Waals surface area (Å²) in [4.78, 5) is 60.0. The number of thiazole rings is 1. The van der Waals surface area contributed by atoms with Gasteiger partial charge in [0, 0.05) is 29.7 Å². The number of hydrogen-bond acceptors (Lipinski definition) is 11. The Kier molecular flexibility index (Phi) is 6.73. The summed E-state index contributed by atoms with van der Waals surface area (Å²) in [7, 11) is 1.25. The normalized spacial score (nSPS) is 19.1. The van der Waals surface area contributed by atoms with Crippen LogP contribution in [0.1, 0.15) is 21.9 Å². The van der Waals surface area contributed by atoms with Crippen molar-refractivity contribution in [1.82, 2.24) is 19.8 Å². The van der Waals surface area contributed by atoms with Crippen molar-refractivity contribution in [3.63, 3.8) is 0 Å². The third-order valence-electron chi connectivity index (χ3n) is 6.34. The summed E-state index contributed by atoms with van der Waals surface area (Å²) < 4.78 is 3.18. The van der Waals surface area contributed by atoms with Gasteiger partial charge in [-0.1, -0.05) is 11.2 Å². The predicted octanol–water partition coefficient (Wildman–Crippen LogP) is -1.27. The molecule has 5 rings (SSSR count). The SMILES string of the molecule is CO/N=C(\C(=O)N[C@@H]1C(=O)N2C(C(=O)[O-])=C(Cn3c(C)c(C(=O)O)[n+]4ccccc34)CS[C@H]12)c1csc(N)n1. The van der Waals surface area contributed by atoms with Gasteiger partial charge in [0.15, 0.2) is 16.5 Å². The molecule has 202 valence electrons. The van der Waals surface area contributed by atoms with E-state index in [1.54, 1.807) is 35.9 Å². The summed E-state index contributed by atoms with van der Waals surface area (Å²) in [6.07, 6.45) is 1.61. The number of aliphatic carboxylic acids is 1. The molecular formula is C23H21N7O7S2. The number of carboxylic acid groups (broad SMARTS) is 2. The van der Waals surface area contributed by atoms with Gasteiger partial charge in [-0.3, -0.25) is 14.5 Å². The molecule has 1 saturated heterocycles. The summed E-state index contributed by atoms with van der Waals surface area (Å²) >= 11 is 2.36. The van der Waals surface area contributed by atoms with E-state index in [1.165, 1.54) is 28.7 Å². The van der Waals surface area contributed by atoms with E-state index >= 15 is 0 Å². The van der Waals surface area contributed by atoms with E-state index in [4.69, 9.17) is 10.6 Å². The van der Waals surface area contributed by atoms with Crippen molar-refractivity contribution < 1.29 is 38.6 Å². The number of fused-ring (bicyclic) bond motifs is 2. The van der Waals surface area contributed by atoms with Crippen molar-refractivity contribution in [2.75, 3.05) is 18.6 Å². The Morgan fingerprint density at radius 2 is 2.15 bits per heavy atom. The van der Waals surface area contributed by atoms with Crippen LogP contribution in [0, 0.1) is 6.92 Å². The van der Waals surface area contributed by atoms with Gasteiger partial charge in [-0.05, 0) is 6.07 Å². The zero-order valence-electron chi connectivity index (χ0n) is 20.5. The van der Waals surface area contributed by atoms with Gasteiger partial charge in [-0.2, -0.15) is 4.40 Å². The van der Waals surface area contributed by atoms with Crippen molar-refractivity contribution in [1.29, 1.82) is 0 Å². The topological polar surface area (TPSA) is 196 Å². The first-order valence-corrected chi connectivity index (χ1v) is 13.3. The average Bonchev–Trinajstić information content (AvgIpc) is 3.45. The lowest BCUT2D eigenvalue weighted by atomic mass is 10.0. The van der Waals surface area contributed by atoms with Crippen LogP contribution in [-0.4, -0.2) is 73.3 Å². The van der Waals surface area contributed by atoms with Crippen molar-refractivity contribution in [3.05, 3.63) is 58.1 Å². The summed E-state index contributed by atoms with van der Waals surface area (Å²) in [6, 6.07) is 4.12. The van der Waals surface area contributed by atoms with Crippen LogP contribution in [0.15, 0.2) is 46.2 Å². The fourth-order valence-electron chi connectivity index (χ4n) is 4.66. The second-order valence-electron chi connectivity index (χ2n) is 8.55. The number of anilines is 1. The third kappa shape index (κ3) is 4.36. The van der Waals surface area contributed by atoms with E-state index < -0.39 is 35.2 Å². The molecule has 2 aliphatic heterocycles. The first-order chi connectivity index (χ1) is 18.6. The first-order valence-electron chi connectivity index (χ1n) is 11.4. The van der Waals surface area contributed by atoms with E-state index in [1.807, 2.05) is 0 Å². The highest BCUT2D eigenvalue weighted by atomic mass is 32.2. The van der Waals surface area contributed by atoms with Crippen LogP contribution in [0.2, 0.25) is 0 Å². The number of pyridine rings is 1. The van der Waals surface area contributed by atoms with Gasteiger partial charge in [-0.25, -0.2) is 14.3 Å². The summed E-state index contributed by atoms with van der Waals surface area (Å²) in [5.74, 6) is -3.86. The van der Waals surface area contributed by atoms with Gasteiger partial charge in [0.2, 0.25) is 0 Å². The van der Waals surface area contributed by atoms with E-state index in [-0.39, 0.29) is 40.2 Å². The number of β-lactam (4-membered cyclic amide) rings is 1. The number of aromatic nitrogens is 3. The number of thioether (sulfide) groups is 1. The molecule has 0 radical (unpaired) electrons. The fraction of sp³-hybridized carbons (Fsp3) is 0.261. The quantitative estimate of drug-likeness (QED) is 0.127. The highest BCUT2D eigenvalue weighted by molar-refractivity contribution is 8.00. The molecule has 5 heterocycles. The van der Waals surface area contributed by atoms with Gasteiger partial charge in [0.1, 0.15) is 30.8 Å². The molecule has 0 aromatic carbocycles. The van der Waals surface area contributed by atoms with E-state index in [2.05, 4.69) is 15.5 Å². The number of nitrogens with one attached hydrogen (secondary N) is 1. The molecule has 2 atom stereocenters. The molecule has 0 unspecified atom stereocenters. The molecule has 3 aromatic heterocycles. The molecule has 1 fully saturated rings. The Bertz CT molecular complexity index is 1610. The summed E-state index contributed by atoms with van der Waals surface area (Å²) in [5, 5.41) is 29.3. The summed E-state index contributed by atoms with van der Waals surface area (Å²) in [6.45, 7) is 1.65. The van der Waals surface area contributed by atoms with Crippen LogP contribution >= 0.6 is 23.1 Å².